The van der Waals surface area contributed by atoms with Gasteiger partial charge in [0, 0.05) is 16.8 Å². The number of benzene rings is 2. The van der Waals surface area contributed by atoms with Gasteiger partial charge < -0.3 is 19.6 Å². The predicted molar refractivity (Wildman–Crippen MR) is 110 cm³/mol. The highest BCUT2D eigenvalue weighted by atomic mass is 35.5. The lowest BCUT2D eigenvalue weighted by molar-refractivity contribution is 0.102. The maximum absolute atomic E-state index is 12.6. The van der Waals surface area contributed by atoms with Crippen LogP contribution in [0, 0.1) is 0 Å². The Labute approximate surface area is 168 Å². The molecule has 0 atom stereocenters. The van der Waals surface area contributed by atoms with Crippen molar-refractivity contribution in [3.05, 3.63) is 70.9 Å². The summed E-state index contributed by atoms with van der Waals surface area (Å²) in [4.78, 5) is 12.6. The minimum absolute atomic E-state index is 0.190. The quantitative estimate of drug-likeness (QED) is 0.489. The third kappa shape index (κ3) is 4.94. The van der Waals surface area contributed by atoms with E-state index in [1.165, 1.54) is 0 Å². The number of ether oxygens (including phenoxy) is 1. The molecular weight excluding hydrogens is 378 g/mol. The molecule has 5 nitrogen and oxygen atoms in total. The van der Waals surface area contributed by atoms with Gasteiger partial charge in [-0.1, -0.05) is 31.0 Å². The zero-order valence-corrected chi connectivity index (χ0v) is 16.3. The Kier molecular flexibility index (Phi) is 6.74. The molecule has 0 bridgehead atoms. The largest absolute Gasteiger partial charge is 0.494 e. The van der Waals surface area contributed by atoms with Crippen LogP contribution in [0.4, 0.5) is 5.69 Å². The molecule has 3 aromatic rings. The van der Waals surface area contributed by atoms with Gasteiger partial charge in [0.1, 0.15) is 23.9 Å². The van der Waals surface area contributed by atoms with Gasteiger partial charge in [-0.05, 0) is 55.0 Å². The zero-order valence-electron chi connectivity index (χ0n) is 15.6. The maximum Gasteiger partial charge on any atom is 0.255 e. The molecule has 2 N–H and O–H groups in total. The van der Waals surface area contributed by atoms with Gasteiger partial charge in [-0.2, -0.15) is 0 Å². The van der Waals surface area contributed by atoms with Gasteiger partial charge in [-0.25, -0.2) is 0 Å². The number of amides is 1. The average Bonchev–Trinajstić information content (AvgIpc) is 3.19. The molecule has 28 heavy (non-hydrogen) atoms. The summed E-state index contributed by atoms with van der Waals surface area (Å²) in [5.74, 6) is 1.39. The first-order valence-corrected chi connectivity index (χ1v) is 9.52. The number of anilines is 1. The molecule has 3 rings (SSSR count). The highest BCUT2D eigenvalue weighted by Crippen LogP contribution is 2.32. The highest BCUT2D eigenvalue weighted by molar-refractivity contribution is 6.33. The normalized spacial score (nSPS) is 10.7. The summed E-state index contributed by atoms with van der Waals surface area (Å²) in [7, 11) is 0. The number of carbonyl (C=O) groups is 1. The van der Waals surface area contributed by atoms with Crippen LogP contribution in [-0.4, -0.2) is 17.6 Å². The Balaban J connectivity index is 1.75. The number of aliphatic hydroxyl groups is 1. The van der Waals surface area contributed by atoms with E-state index in [4.69, 9.17) is 25.9 Å². The molecule has 0 aliphatic rings. The van der Waals surface area contributed by atoms with Crippen LogP contribution >= 0.6 is 11.6 Å². The number of unbranched alkanes of at least 4 members (excludes halogenated alkanes) is 1. The average molecular weight is 400 g/mol. The molecule has 0 unspecified atom stereocenters. The number of halogens is 1. The molecular formula is C22H22ClNO4. The van der Waals surface area contributed by atoms with Crippen LogP contribution in [0.2, 0.25) is 5.02 Å². The zero-order chi connectivity index (χ0) is 19.9. The smallest absolute Gasteiger partial charge is 0.255 e. The summed E-state index contributed by atoms with van der Waals surface area (Å²) in [6.07, 6.45) is 2.02. The molecule has 0 aliphatic heterocycles. The summed E-state index contributed by atoms with van der Waals surface area (Å²) < 4.78 is 11.2. The molecule has 0 saturated heterocycles. The maximum atomic E-state index is 12.6. The summed E-state index contributed by atoms with van der Waals surface area (Å²) in [6.45, 7) is 2.53. The van der Waals surface area contributed by atoms with Gasteiger partial charge in [0.25, 0.3) is 5.91 Å². The standard InChI is InChI=1S/C22H22ClNO4/c1-2-3-11-27-17-6-4-5-15(12-17)22(26)24-16-7-9-20(23)19(13-16)21-10-8-18(14-25)28-21/h4-10,12-13,25H,2-3,11,14H2,1H3,(H,24,26). The van der Waals surface area contributed by atoms with Crippen LogP contribution in [0.15, 0.2) is 59.0 Å². The van der Waals surface area contributed by atoms with Crippen LogP contribution in [0.1, 0.15) is 35.9 Å². The van der Waals surface area contributed by atoms with Gasteiger partial charge in [-0.15, -0.1) is 0 Å². The summed E-state index contributed by atoms with van der Waals surface area (Å²) in [6, 6.07) is 15.7. The molecule has 1 amide bonds. The van der Waals surface area contributed by atoms with Crippen LogP contribution in [0.5, 0.6) is 5.75 Å². The van der Waals surface area contributed by atoms with Gasteiger partial charge in [0.15, 0.2) is 0 Å². The molecule has 0 aliphatic carbocycles. The summed E-state index contributed by atoms with van der Waals surface area (Å²) in [5, 5.41) is 12.5. The molecule has 2 aromatic carbocycles. The van der Waals surface area contributed by atoms with E-state index in [0.717, 1.165) is 12.8 Å². The van der Waals surface area contributed by atoms with Crippen molar-refractivity contribution >= 4 is 23.2 Å². The molecule has 0 fully saturated rings. The molecule has 6 heteroatoms. The number of carbonyl (C=O) groups excluding carboxylic acids is 1. The number of aliphatic hydroxyl groups excluding tert-OH is 1. The van der Waals surface area contributed by atoms with Crippen molar-refractivity contribution in [1.29, 1.82) is 0 Å². The SMILES string of the molecule is CCCCOc1cccc(C(=O)Nc2ccc(Cl)c(-c3ccc(CO)o3)c2)c1. The van der Waals surface area contributed by atoms with E-state index in [-0.39, 0.29) is 12.5 Å². The Bertz CT molecular complexity index is 951. The van der Waals surface area contributed by atoms with Gasteiger partial charge in [0.2, 0.25) is 0 Å². The molecule has 0 spiro atoms. The minimum atomic E-state index is -0.246. The predicted octanol–water partition coefficient (Wildman–Crippen LogP) is 5.52. The van der Waals surface area contributed by atoms with Crippen molar-refractivity contribution in [2.45, 2.75) is 26.4 Å². The fourth-order valence-corrected chi connectivity index (χ4v) is 2.87. The van der Waals surface area contributed by atoms with Crippen LogP contribution in [0.25, 0.3) is 11.3 Å². The lowest BCUT2D eigenvalue weighted by atomic mass is 10.1. The number of hydrogen-bond donors (Lipinski definition) is 2. The molecule has 0 saturated carbocycles. The van der Waals surface area contributed by atoms with E-state index in [1.54, 1.807) is 48.5 Å². The molecule has 0 radical (unpaired) electrons. The first-order chi connectivity index (χ1) is 13.6. The first-order valence-electron chi connectivity index (χ1n) is 9.14. The topological polar surface area (TPSA) is 71.7 Å². The number of furan rings is 1. The third-order valence-corrected chi connectivity index (χ3v) is 4.50. The van der Waals surface area contributed by atoms with Gasteiger partial charge >= 0.3 is 0 Å². The first kappa shape index (κ1) is 20.0. The fraction of sp³-hybridized carbons (Fsp3) is 0.227. The van der Waals surface area contributed by atoms with Crippen molar-refractivity contribution in [3.8, 4) is 17.1 Å². The van der Waals surface area contributed by atoms with Gasteiger partial charge in [-0.3, -0.25) is 4.79 Å². The monoisotopic (exact) mass is 399 g/mol. The van der Waals surface area contributed by atoms with E-state index >= 15 is 0 Å². The Morgan fingerprint density at radius 3 is 2.79 bits per heavy atom. The Hall–Kier alpha value is -2.76. The fourth-order valence-electron chi connectivity index (χ4n) is 2.66. The summed E-state index contributed by atoms with van der Waals surface area (Å²) >= 11 is 6.27. The summed E-state index contributed by atoms with van der Waals surface area (Å²) in [5.41, 5.74) is 1.73. The second-order valence-corrected chi connectivity index (χ2v) is 6.71. The van der Waals surface area contributed by atoms with Crippen molar-refractivity contribution in [2.24, 2.45) is 0 Å². The third-order valence-electron chi connectivity index (χ3n) is 4.17. The van der Waals surface area contributed by atoms with Crippen LogP contribution in [-0.2, 0) is 6.61 Å². The Morgan fingerprint density at radius 1 is 1.18 bits per heavy atom. The van der Waals surface area contributed by atoms with E-state index in [0.29, 0.717) is 45.7 Å². The minimum Gasteiger partial charge on any atom is -0.494 e. The Morgan fingerprint density at radius 2 is 2.04 bits per heavy atom. The van der Waals surface area contributed by atoms with Gasteiger partial charge in [0.05, 0.1) is 11.6 Å². The lowest BCUT2D eigenvalue weighted by Gasteiger charge is -2.10. The van der Waals surface area contributed by atoms with Crippen molar-refractivity contribution in [1.82, 2.24) is 0 Å². The molecule has 146 valence electrons. The highest BCUT2D eigenvalue weighted by Gasteiger charge is 2.12. The van der Waals surface area contributed by atoms with Crippen LogP contribution in [0.3, 0.4) is 0 Å². The van der Waals surface area contributed by atoms with Crippen molar-refractivity contribution in [3.63, 3.8) is 0 Å². The lowest BCUT2D eigenvalue weighted by Crippen LogP contribution is -2.12. The van der Waals surface area contributed by atoms with E-state index in [2.05, 4.69) is 12.2 Å². The van der Waals surface area contributed by atoms with Crippen molar-refractivity contribution in [2.75, 3.05) is 11.9 Å². The van der Waals surface area contributed by atoms with E-state index in [1.807, 2.05) is 6.07 Å². The molecule has 1 heterocycles. The van der Waals surface area contributed by atoms with Crippen LogP contribution < -0.4 is 10.1 Å². The number of hydrogen-bond acceptors (Lipinski definition) is 4. The molecule has 1 aromatic heterocycles. The second kappa shape index (κ2) is 9.44. The number of nitrogens with one attached hydrogen (secondary N) is 1. The number of rotatable bonds is 8. The van der Waals surface area contributed by atoms with E-state index in [9.17, 15) is 4.79 Å². The van der Waals surface area contributed by atoms with Crippen molar-refractivity contribution < 1.29 is 19.1 Å². The van der Waals surface area contributed by atoms with E-state index < -0.39 is 0 Å². The second-order valence-electron chi connectivity index (χ2n) is 6.30.